The van der Waals surface area contributed by atoms with Gasteiger partial charge in [-0.05, 0) is 38.5 Å². The first-order valence-electron chi connectivity index (χ1n) is 4.62. The number of rotatable bonds is 3. The first kappa shape index (κ1) is 13.3. The maximum absolute atomic E-state index is 5.76. The van der Waals surface area contributed by atoms with E-state index in [0.717, 1.165) is 11.3 Å². The summed E-state index contributed by atoms with van der Waals surface area (Å²) in [4.78, 5) is 0. The summed E-state index contributed by atoms with van der Waals surface area (Å²) >= 11 is 0. The fourth-order valence-corrected chi connectivity index (χ4v) is 1.14. The molecule has 0 bridgehead atoms. The molecule has 1 aromatic carbocycles. The highest BCUT2D eigenvalue weighted by Crippen LogP contribution is 2.18. The second kappa shape index (κ2) is 5.89. The zero-order valence-electron chi connectivity index (χ0n) is 8.86. The highest BCUT2D eigenvalue weighted by molar-refractivity contribution is 5.85. The molecule has 0 aromatic heterocycles. The second-order valence-electron chi connectivity index (χ2n) is 3.53. The summed E-state index contributed by atoms with van der Waals surface area (Å²) in [5.41, 5.74) is 6.87. The van der Waals surface area contributed by atoms with Crippen molar-refractivity contribution < 1.29 is 4.74 Å². The Hall–Kier alpha value is -0.730. The minimum absolute atomic E-state index is 0. The number of benzene rings is 1. The largest absolute Gasteiger partial charge is 0.491 e. The molecule has 1 aromatic rings. The second-order valence-corrected chi connectivity index (χ2v) is 3.53. The molecule has 1 rings (SSSR count). The van der Waals surface area contributed by atoms with Gasteiger partial charge in [-0.2, -0.15) is 0 Å². The van der Waals surface area contributed by atoms with Crippen LogP contribution in [0, 0.1) is 0 Å². The molecule has 0 heterocycles. The monoisotopic (exact) mass is 215 g/mol. The Morgan fingerprint density at radius 3 is 2.36 bits per heavy atom. The molecule has 0 amide bonds. The average Bonchev–Trinajstić information content (AvgIpc) is 2.03. The molecule has 3 heteroatoms. The lowest BCUT2D eigenvalue weighted by molar-refractivity contribution is 0.242. The van der Waals surface area contributed by atoms with Crippen molar-refractivity contribution in [2.75, 3.05) is 0 Å². The summed E-state index contributed by atoms with van der Waals surface area (Å²) in [5.74, 6) is 0.893. The van der Waals surface area contributed by atoms with Gasteiger partial charge < -0.3 is 10.5 Å². The van der Waals surface area contributed by atoms with E-state index in [1.807, 2.05) is 45.0 Å². The van der Waals surface area contributed by atoms with Gasteiger partial charge in [0.05, 0.1) is 6.10 Å². The van der Waals surface area contributed by atoms with E-state index >= 15 is 0 Å². The minimum Gasteiger partial charge on any atom is -0.491 e. The third-order valence-corrected chi connectivity index (χ3v) is 1.76. The zero-order chi connectivity index (χ0) is 9.84. The van der Waals surface area contributed by atoms with Crippen LogP contribution in [0.1, 0.15) is 32.4 Å². The summed E-state index contributed by atoms with van der Waals surface area (Å²) in [6.07, 6.45) is 0.211. The Kier molecular flexibility index (Phi) is 5.58. The first-order chi connectivity index (χ1) is 6.09. The van der Waals surface area contributed by atoms with Gasteiger partial charge in [0.25, 0.3) is 0 Å². The lowest BCUT2D eigenvalue weighted by Gasteiger charge is -2.12. The smallest absolute Gasteiger partial charge is 0.120 e. The molecule has 2 N–H and O–H groups in total. The van der Waals surface area contributed by atoms with E-state index in [-0.39, 0.29) is 24.6 Å². The Morgan fingerprint density at radius 2 is 1.86 bits per heavy atom. The van der Waals surface area contributed by atoms with Crippen molar-refractivity contribution in [3.63, 3.8) is 0 Å². The van der Waals surface area contributed by atoms with Crippen LogP contribution < -0.4 is 10.5 Å². The number of hydrogen-bond acceptors (Lipinski definition) is 2. The maximum atomic E-state index is 5.76. The summed E-state index contributed by atoms with van der Waals surface area (Å²) in [7, 11) is 0. The lowest BCUT2D eigenvalue weighted by Crippen LogP contribution is -2.08. The van der Waals surface area contributed by atoms with Crippen LogP contribution in [-0.4, -0.2) is 6.10 Å². The molecule has 1 unspecified atom stereocenters. The third kappa shape index (κ3) is 3.99. The Labute approximate surface area is 91.9 Å². The van der Waals surface area contributed by atoms with Gasteiger partial charge >= 0.3 is 0 Å². The Morgan fingerprint density at radius 1 is 1.21 bits per heavy atom. The van der Waals surface area contributed by atoms with Crippen molar-refractivity contribution in [3.8, 4) is 5.75 Å². The van der Waals surface area contributed by atoms with Gasteiger partial charge in [-0.1, -0.05) is 12.1 Å². The van der Waals surface area contributed by atoms with Crippen molar-refractivity contribution in [1.82, 2.24) is 0 Å². The van der Waals surface area contributed by atoms with Crippen molar-refractivity contribution >= 4 is 12.4 Å². The van der Waals surface area contributed by atoms with Gasteiger partial charge in [0.15, 0.2) is 0 Å². The van der Waals surface area contributed by atoms with Crippen LogP contribution >= 0.6 is 12.4 Å². The molecule has 2 nitrogen and oxygen atoms in total. The van der Waals surface area contributed by atoms with Crippen molar-refractivity contribution in [2.24, 2.45) is 5.73 Å². The molecular formula is C11H18ClNO. The van der Waals surface area contributed by atoms with Gasteiger partial charge in [0.2, 0.25) is 0 Å². The fourth-order valence-electron chi connectivity index (χ4n) is 1.14. The first-order valence-corrected chi connectivity index (χ1v) is 4.62. The SMILES string of the molecule is CC(C)Oc1cccc(C(C)N)c1.Cl. The standard InChI is InChI=1S/C11H17NO.ClH/c1-8(2)13-11-6-4-5-10(7-11)9(3)12;/h4-9H,12H2,1-3H3;1H. The average molecular weight is 216 g/mol. The number of nitrogens with two attached hydrogens (primary N) is 1. The quantitative estimate of drug-likeness (QED) is 0.842. The maximum Gasteiger partial charge on any atom is 0.120 e. The molecule has 80 valence electrons. The predicted molar refractivity (Wildman–Crippen MR) is 62.1 cm³/mol. The van der Waals surface area contributed by atoms with Crippen LogP contribution in [0.2, 0.25) is 0 Å². The molecule has 0 spiro atoms. The number of ether oxygens (including phenoxy) is 1. The molecule has 0 aliphatic heterocycles. The Balaban J connectivity index is 0.00000169. The minimum atomic E-state index is 0. The molecule has 0 radical (unpaired) electrons. The van der Waals surface area contributed by atoms with Gasteiger partial charge in [-0.15, -0.1) is 12.4 Å². The molecule has 0 fully saturated rings. The van der Waals surface area contributed by atoms with Crippen LogP contribution in [0.5, 0.6) is 5.75 Å². The van der Waals surface area contributed by atoms with E-state index in [9.17, 15) is 0 Å². The van der Waals surface area contributed by atoms with Gasteiger partial charge in [0.1, 0.15) is 5.75 Å². The van der Waals surface area contributed by atoms with E-state index in [4.69, 9.17) is 10.5 Å². The van der Waals surface area contributed by atoms with Crippen molar-refractivity contribution in [3.05, 3.63) is 29.8 Å². The zero-order valence-corrected chi connectivity index (χ0v) is 9.67. The number of halogens is 1. The van der Waals surface area contributed by atoms with Crippen LogP contribution in [0.25, 0.3) is 0 Å². The van der Waals surface area contributed by atoms with E-state index in [0.29, 0.717) is 0 Å². The van der Waals surface area contributed by atoms with E-state index in [1.165, 1.54) is 0 Å². The summed E-state index contributed by atoms with van der Waals surface area (Å²) < 4.78 is 5.55. The van der Waals surface area contributed by atoms with Crippen molar-refractivity contribution in [1.29, 1.82) is 0 Å². The fraction of sp³-hybridized carbons (Fsp3) is 0.455. The summed E-state index contributed by atoms with van der Waals surface area (Å²) in [6, 6.07) is 7.99. The molecule has 0 aliphatic carbocycles. The summed E-state index contributed by atoms with van der Waals surface area (Å²) in [5, 5.41) is 0. The molecule has 14 heavy (non-hydrogen) atoms. The van der Waals surface area contributed by atoms with Crippen LogP contribution in [0.4, 0.5) is 0 Å². The van der Waals surface area contributed by atoms with Gasteiger partial charge in [0, 0.05) is 6.04 Å². The van der Waals surface area contributed by atoms with E-state index in [2.05, 4.69) is 0 Å². The predicted octanol–water partition coefficient (Wildman–Crippen LogP) is 2.92. The highest BCUT2D eigenvalue weighted by atomic mass is 35.5. The highest BCUT2D eigenvalue weighted by Gasteiger charge is 2.01. The van der Waals surface area contributed by atoms with Crippen molar-refractivity contribution in [2.45, 2.75) is 32.9 Å². The van der Waals surface area contributed by atoms with Crippen LogP contribution in [-0.2, 0) is 0 Å². The molecular weight excluding hydrogens is 198 g/mol. The van der Waals surface area contributed by atoms with Crippen LogP contribution in [0.15, 0.2) is 24.3 Å². The van der Waals surface area contributed by atoms with Gasteiger partial charge in [-0.3, -0.25) is 0 Å². The molecule has 0 saturated carbocycles. The lowest BCUT2D eigenvalue weighted by atomic mass is 10.1. The van der Waals surface area contributed by atoms with E-state index < -0.39 is 0 Å². The molecule has 1 atom stereocenters. The summed E-state index contributed by atoms with van der Waals surface area (Å²) in [6.45, 7) is 5.99. The number of hydrogen-bond donors (Lipinski definition) is 1. The molecule has 0 aliphatic rings. The normalized spacial score (nSPS) is 12.1. The van der Waals surface area contributed by atoms with E-state index in [1.54, 1.807) is 0 Å². The topological polar surface area (TPSA) is 35.2 Å². The molecule has 0 saturated heterocycles. The van der Waals surface area contributed by atoms with Gasteiger partial charge in [-0.25, -0.2) is 0 Å². The van der Waals surface area contributed by atoms with Crippen LogP contribution in [0.3, 0.4) is 0 Å². The Bertz CT molecular complexity index is 274. The third-order valence-electron chi connectivity index (χ3n) is 1.76.